The molecule has 0 bridgehead atoms. The Bertz CT molecular complexity index is 1010. The fraction of sp³-hybridized carbons (Fsp3) is 0.929. The van der Waals surface area contributed by atoms with Crippen molar-refractivity contribution < 1.29 is 38.9 Å². The first-order valence-corrected chi connectivity index (χ1v) is 27.5. The smallest absolute Gasteiger partial charge is 0.309 e. The SMILES string of the molecule is CC(C)CCCCCCCC(CCCCCCCC(=O)O)(CCCCCCCC(C)C)C(=O)O.CCCCC(CC)COC(=O)CCCCCCCCC(=O)OCC(CC)CCCC. The Morgan fingerprint density at radius 2 is 0.719 bits per heavy atom. The highest BCUT2D eigenvalue weighted by Crippen LogP contribution is 2.38. The van der Waals surface area contributed by atoms with Crippen LogP contribution in [0.2, 0.25) is 0 Å². The predicted octanol–water partition coefficient (Wildman–Crippen LogP) is 17.3. The lowest BCUT2D eigenvalue weighted by atomic mass is 9.74. The summed E-state index contributed by atoms with van der Waals surface area (Å²) >= 11 is 0. The van der Waals surface area contributed by atoms with Crippen LogP contribution in [0.4, 0.5) is 0 Å². The van der Waals surface area contributed by atoms with Gasteiger partial charge in [-0.2, -0.15) is 0 Å². The molecule has 0 spiro atoms. The number of aliphatic carboxylic acids is 2. The Labute approximate surface area is 396 Å². The summed E-state index contributed by atoms with van der Waals surface area (Å²) in [4.78, 5) is 46.9. The van der Waals surface area contributed by atoms with Crippen LogP contribution in [0.1, 0.15) is 293 Å². The van der Waals surface area contributed by atoms with Crippen molar-refractivity contribution in [2.75, 3.05) is 13.2 Å². The van der Waals surface area contributed by atoms with Gasteiger partial charge in [0.25, 0.3) is 0 Å². The number of hydrogen-bond donors (Lipinski definition) is 2. The van der Waals surface area contributed by atoms with E-state index in [1.54, 1.807) is 0 Å². The molecule has 2 atom stereocenters. The zero-order valence-corrected chi connectivity index (χ0v) is 43.7. The van der Waals surface area contributed by atoms with Crippen LogP contribution in [0.5, 0.6) is 0 Å². The minimum atomic E-state index is -0.724. The summed E-state index contributed by atoms with van der Waals surface area (Å²) in [6.45, 7) is 19.0. The van der Waals surface area contributed by atoms with E-state index < -0.39 is 17.4 Å². The van der Waals surface area contributed by atoms with Gasteiger partial charge >= 0.3 is 23.9 Å². The minimum Gasteiger partial charge on any atom is -0.481 e. The van der Waals surface area contributed by atoms with Gasteiger partial charge in [0.1, 0.15) is 0 Å². The Morgan fingerprint density at radius 1 is 0.406 bits per heavy atom. The molecule has 0 aromatic rings. The van der Waals surface area contributed by atoms with Gasteiger partial charge in [-0.25, -0.2) is 0 Å². The molecule has 8 heteroatoms. The van der Waals surface area contributed by atoms with E-state index in [0.717, 1.165) is 153 Å². The summed E-state index contributed by atoms with van der Waals surface area (Å²) in [5.41, 5.74) is -0.559. The molecule has 8 nitrogen and oxygen atoms in total. The van der Waals surface area contributed by atoms with Gasteiger partial charge in [-0.05, 0) is 75.0 Å². The second-order valence-corrected chi connectivity index (χ2v) is 20.5. The Hall–Kier alpha value is -2.12. The van der Waals surface area contributed by atoms with Crippen molar-refractivity contribution >= 4 is 23.9 Å². The molecule has 0 fully saturated rings. The zero-order chi connectivity index (χ0) is 48.1. The normalized spacial score (nSPS) is 12.5. The molecule has 0 radical (unpaired) electrons. The van der Waals surface area contributed by atoms with Crippen molar-refractivity contribution in [2.45, 2.75) is 293 Å². The summed E-state index contributed by atoms with van der Waals surface area (Å²) in [6, 6.07) is 0. The van der Waals surface area contributed by atoms with Crippen molar-refractivity contribution in [2.24, 2.45) is 29.1 Å². The van der Waals surface area contributed by atoms with E-state index in [9.17, 15) is 24.3 Å². The number of carbonyl (C=O) groups excluding carboxylic acids is 2. The van der Waals surface area contributed by atoms with Gasteiger partial charge in [-0.1, -0.05) is 222 Å². The molecule has 380 valence electrons. The van der Waals surface area contributed by atoms with Crippen molar-refractivity contribution in [1.29, 1.82) is 0 Å². The molecular weight excluding hydrogens is 801 g/mol. The highest BCUT2D eigenvalue weighted by molar-refractivity contribution is 5.74. The largest absolute Gasteiger partial charge is 0.481 e. The number of carbonyl (C=O) groups is 4. The molecule has 0 aliphatic carbocycles. The first-order chi connectivity index (χ1) is 30.8. The van der Waals surface area contributed by atoms with Crippen LogP contribution in [0.25, 0.3) is 0 Å². The van der Waals surface area contributed by atoms with Crippen LogP contribution in [-0.2, 0) is 28.7 Å². The third kappa shape index (κ3) is 42.5. The molecular formula is C56H108O8. The van der Waals surface area contributed by atoms with Crippen molar-refractivity contribution in [3.63, 3.8) is 0 Å². The fourth-order valence-corrected chi connectivity index (χ4v) is 8.67. The van der Waals surface area contributed by atoms with Gasteiger partial charge in [0.15, 0.2) is 0 Å². The molecule has 0 saturated heterocycles. The highest BCUT2D eigenvalue weighted by atomic mass is 16.5. The molecule has 0 aromatic carbocycles. The van der Waals surface area contributed by atoms with Crippen LogP contribution in [0.15, 0.2) is 0 Å². The molecule has 0 saturated carbocycles. The summed E-state index contributed by atoms with van der Waals surface area (Å²) in [5, 5.41) is 19.0. The van der Waals surface area contributed by atoms with E-state index in [-0.39, 0.29) is 18.4 Å². The Balaban J connectivity index is 0. The van der Waals surface area contributed by atoms with Gasteiger partial charge in [0.05, 0.1) is 18.6 Å². The standard InChI is InChI=1S/C30H58O4.C26H50O4/c1-26(2)20-14-8-5-11-17-23-30(29(33)34,24-18-12-6-9-15-21-27(3)4)25-19-13-7-10-16-22-28(31)32;1-5-9-17-23(7-3)21-29-25(27)19-15-13-11-12-14-16-20-26(28)30-22-24(8-4)18-10-6-2/h26-27H,5-25H2,1-4H3,(H,31,32)(H,33,34);23-24H,5-22H2,1-4H3. The second-order valence-electron chi connectivity index (χ2n) is 20.5. The first kappa shape index (κ1) is 64.0. The molecule has 2 unspecified atom stereocenters. The number of unbranched alkanes of at least 4 members (excludes halogenated alkanes) is 19. The maximum atomic E-state index is 12.5. The predicted molar refractivity (Wildman–Crippen MR) is 270 cm³/mol. The summed E-state index contributed by atoms with van der Waals surface area (Å²) in [5.74, 6) is 1.18. The molecule has 0 aromatic heterocycles. The molecule has 0 aliphatic rings. The number of rotatable bonds is 46. The van der Waals surface area contributed by atoms with E-state index >= 15 is 0 Å². The van der Waals surface area contributed by atoms with Crippen LogP contribution in [-0.4, -0.2) is 47.3 Å². The minimum absolute atomic E-state index is 0.0444. The molecule has 0 aliphatic heterocycles. The van der Waals surface area contributed by atoms with E-state index in [2.05, 4.69) is 55.4 Å². The lowest BCUT2D eigenvalue weighted by molar-refractivity contribution is -0.151. The second kappa shape index (κ2) is 46.0. The summed E-state index contributed by atoms with van der Waals surface area (Å²) in [7, 11) is 0. The van der Waals surface area contributed by atoms with Gasteiger partial charge in [-0.3, -0.25) is 19.2 Å². The Kier molecular flexibility index (Phi) is 46.0. The van der Waals surface area contributed by atoms with Crippen LogP contribution in [0, 0.1) is 29.1 Å². The van der Waals surface area contributed by atoms with E-state index in [0.29, 0.717) is 37.9 Å². The maximum Gasteiger partial charge on any atom is 0.309 e. The maximum absolute atomic E-state index is 12.5. The van der Waals surface area contributed by atoms with Crippen molar-refractivity contribution in [3.05, 3.63) is 0 Å². The summed E-state index contributed by atoms with van der Waals surface area (Å²) < 4.78 is 10.9. The third-order valence-electron chi connectivity index (χ3n) is 13.4. The van der Waals surface area contributed by atoms with Crippen LogP contribution < -0.4 is 0 Å². The van der Waals surface area contributed by atoms with Crippen molar-refractivity contribution in [3.8, 4) is 0 Å². The van der Waals surface area contributed by atoms with Gasteiger partial charge in [0, 0.05) is 19.3 Å². The van der Waals surface area contributed by atoms with Gasteiger partial charge in [-0.15, -0.1) is 0 Å². The zero-order valence-electron chi connectivity index (χ0n) is 43.7. The topological polar surface area (TPSA) is 127 Å². The fourth-order valence-electron chi connectivity index (χ4n) is 8.67. The molecule has 0 heterocycles. The number of esters is 2. The third-order valence-corrected chi connectivity index (χ3v) is 13.4. The van der Waals surface area contributed by atoms with E-state index in [1.165, 1.54) is 77.0 Å². The molecule has 2 N–H and O–H groups in total. The van der Waals surface area contributed by atoms with E-state index in [1.807, 2.05) is 0 Å². The summed E-state index contributed by atoms with van der Waals surface area (Å²) in [6.07, 6.45) is 38.3. The highest BCUT2D eigenvalue weighted by Gasteiger charge is 2.36. The molecule has 64 heavy (non-hydrogen) atoms. The van der Waals surface area contributed by atoms with E-state index in [4.69, 9.17) is 14.6 Å². The van der Waals surface area contributed by atoms with Gasteiger partial charge in [0.2, 0.25) is 0 Å². The number of carboxylic acids is 2. The monoisotopic (exact) mass is 909 g/mol. The molecule has 0 rings (SSSR count). The first-order valence-electron chi connectivity index (χ1n) is 27.5. The lowest BCUT2D eigenvalue weighted by Crippen LogP contribution is -2.31. The Morgan fingerprint density at radius 3 is 1.02 bits per heavy atom. The number of carboxylic acid groups (broad SMARTS) is 2. The van der Waals surface area contributed by atoms with Gasteiger partial charge < -0.3 is 19.7 Å². The quantitative estimate of drug-likeness (QED) is 0.0457. The average molecular weight is 909 g/mol. The molecule has 0 amide bonds. The number of ether oxygens (including phenoxy) is 2. The van der Waals surface area contributed by atoms with Crippen LogP contribution in [0.3, 0.4) is 0 Å². The van der Waals surface area contributed by atoms with Crippen molar-refractivity contribution in [1.82, 2.24) is 0 Å². The lowest BCUT2D eigenvalue weighted by Gasteiger charge is -2.30. The van der Waals surface area contributed by atoms with Crippen LogP contribution >= 0.6 is 0 Å². The average Bonchev–Trinajstić information content (AvgIpc) is 3.25. The number of hydrogen-bond acceptors (Lipinski definition) is 6.